The van der Waals surface area contributed by atoms with Crippen molar-refractivity contribution in [3.8, 4) is 11.5 Å². The molecule has 2 N–H and O–H groups in total. The fourth-order valence-corrected chi connectivity index (χ4v) is 3.20. The SMILES string of the molecule is Cc1noc(-c2ccc(N3C[C@@H](Cc4cc(C)[nH]n4)[C@@H](O)C3)nc2)n1. The van der Waals surface area contributed by atoms with Crippen LogP contribution in [0.2, 0.25) is 0 Å². The third-order valence-corrected chi connectivity index (χ3v) is 4.48. The van der Waals surface area contributed by atoms with Crippen molar-refractivity contribution in [3.63, 3.8) is 0 Å². The molecule has 3 aromatic heterocycles. The van der Waals surface area contributed by atoms with Gasteiger partial charge in [-0.15, -0.1) is 0 Å². The summed E-state index contributed by atoms with van der Waals surface area (Å²) in [7, 11) is 0. The van der Waals surface area contributed by atoms with Gasteiger partial charge in [0, 0.05) is 30.9 Å². The molecule has 8 heteroatoms. The van der Waals surface area contributed by atoms with E-state index in [1.807, 2.05) is 25.1 Å². The van der Waals surface area contributed by atoms with Gasteiger partial charge in [0.15, 0.2) is 5.82 Å². The minimum absolute atomic E-state index is 0.141. The van der Waals surface area contributed by atoms with Crippen LogP contribution in [0.15, 0.2) is 28.9 Å². The number of rotatable bonds is 4. The van der Waals surface area contributed by atoms with Gasteiger partial charge in [0.2, 0.25) is 0 Å². The molecule has 8 nitrogen and oxygen atoms in total. The van der Waals surface area contributed by atoms with Gasteiger partial charge >= 0.3 is 0 Å². The Kier molecular flexibility index (Phi) is 3.96. The largest absolute Gasteiger partial charge is 0.391 e. The molecule has 0 aliphatic carbocycles. The van der Waals surface area contributed by atoms with Crippen molar-refractivity contribution in [2.45, 2.75) is 26.4 Å². The van der Waals surface area contributed by atoms with E-state index in [0.717, 1.165) is 35.7 Å². The second-order valence-corrected chi connectivity index (χ2v) is 6.53. The molecule has 3 aromatic rings. The summed E-state index contributed by atoms with van der Waals surface area (Å²) >= 11 is 0. The quantitative estimate of drug-likeness (QED) is 0.742. The van der Waals surface area contributed by atoms with Crippen LogP contribution in [0.5, 0.6) is 0 Å². The summed E-state index contributed by atoms with van der Waals surface area (Å²) < 4.78 is 5.15. The van der Waals surface area contributed by atoms with Crippen LogP contribution in [-0.2, 0) is 6.42 Å². The summed E-state index contributed by atoms with van der Waals surface area (Å²) in [6.07, 6.45) is 2.08. The number of aryl methyl sites for hydroxylation is 2. The lowest BCUT2D eigenvalue weighted by Crippen LogP contribution is -2.21. The van der Waals surface area contributed by atoms with Gasteiger partial charge in [0.25, 0.3) is 5.89 Å². The Morgan fingerprint density at radius 3 is 2.84 bits per heavy atom. The van der Waals surface area contributed by atoms with Gasteiger partial charge in [-0.2, -0.15) is 10.1 Å². The minimum Gasteiger partial charge on any atom is -0.391 e. The predicted octanol–water partition coefficient (Wildman–Crippen LogP) is 1.51. The van der Waals surface area contributed by atoms with Gasteiger partial charge in [-0.1, -0.05) is 5.16 Å². The second-order valence-electron chi connectivity index (χ2n) is 6.53. The van der Waals surface area contributed by atoms with Crippen molar-refractivity contribution in [2.75, 3.05) is 18.0 Å². The average molecular weight is 340 g/mol. The third-order valence-electron chi connectivity index (χ3n) is 4.48. The lowest BCUT2D eigenvalue weighted by Gasteiger charge is -2.16. The Morgan fingerprint density at radius 1 is 1.32 bits per heavy atom. The number of pyridine rings is 1. The van der Waals surface area contributed by atoms with Crippen LogP contribution in [0.4, 0.5) is 5.82 Å². The standard InChI is InChI=1S/C17H20N6O2/c1-10-5-14(21-20-10)6-13-8-23(9-15(13)24)16-4-3-12(7-18-16)17-19-11(2)22-25-17/h3-5,7,13,15,24H,6,8-9H2,1-2H3,(H,20,21)/t13-,15+/m1/s1. The van der Waals surface area contributed by atoms with Gasteiger partial charge < -0.3 is 14.5 Å². The van der Waals surface area contributed by atoms with Crippen LogP contribution in [0.1, 0.15) is 17.2 Å². The number of hydrogen-bond donors (Lipinski definition) is 2. The number of nitrogens with zero attached hydrogens (tertiary/aromatic N) is 5. The molecule has 4 rings (SSSR count). The summed E-state index contributed by atoms with van der Waals surface area (Å²) in [4.78, 5) is 10.8. The lowest BCUT2D eigenvalue weighted by atomic mass is 10.0. The Labute approximate surface area is 144 Å². The lowest BCUT2D eigenvalue weighted by molar-refractivity contribution is 0.148. The molecule has 1 aliphatic heterocycles. The molecule has 0 aromatic carbocycles. The molecule has 2 atom stereocenters. The maximum Gasteiger partial charge on any atom is 0.259 e. The number of aromatic nitrogens is 5. The van der Waals surface area contributed by atoms with Gasteiger partial charge in [-0.25, -0.2) is 4.98 Å². The molecule has 1 saturated heterocycles. The fourth-order valence-electron chi connectivity index (χ4n) is 3.20. The van der Waals surface area contributed by atoms with E-state index in [9.17, 15) is 5.11 Å². The Morgan fingerprint density at radius 2 is 2.20 bits per heavy atom. The second kappa shape index (κ2) is 6.29. The molecule has 0 unspecified atom stereocenters. The first kappa shape index (κ1) is 15.8. The van der Waals surface area contributed by atoms with Crippen LogP contribution in [0.3, 0.4) is 0 Å². The average Bonchev–Trinajstić information content (AvgIpc) is 3.30. The van der Waals surface area contributed by atoms with Crippen molar-refractivity contribution in [2.24, 2.45) is 5.92 Å². The van der Waals surface area contributed by atoms with Crippen molar-refractivity contribution < 1.29 is 9.63 Å². The number of aliphatic hydroxyl groups excluding tert-OH is 1. The first-order chi connectivity index (χ1) is 12.1. The Bertz CT molecular complexity index is 856. The molecular weight excluding hydrogens is 320 g/mol. The van der Waals surface area contributed by atoms with Crippen molar-refractivity contribution >= 4 is 5.82 Å². The van der Waals surface area contributed by atoms with E-state index in [2.05, 4.69) is 30.2 Å². The van der Waals surface area contributed by atoms with Crippen molar-refractivity contribution in [1.82, 2.24) is 25.3 Å². The van der Waals surface area contributed by atoms with E-state index >= 15 is 0 Å². The molecule has 1 fully saturated rings. The number of H-pyrrole nitrogens is 1. The predicted molar refractivity (Wildman–Crippen MR) is 91.0 cm³/mol. The van der Waals surface area contributed by atoms with Crippen molar-refractivity contribution in [3.05, 3.63) is 41.6 Å². The normalized spacial score (nSPS) is 20.4. The van der Waals surface area contributed by atoms with E-state index < -0.39 is 6.10 Å². The summed E-state index contributed by atoms with van der Waals surface area (Å²) in [5.41, 5.74) is 2.80. The van der Waals surface area contributed by atoms with Crippen LogP contribution < -0.4 is 4.90 Å². The van der Waals surface area contributed by atoms with Crippen LogP contribution in [-0.4, -0.2) is 49.6 Å². The van der Waals surface area contributed by atoms with E-state index in [1.54, 1.807) is 13.1 Å². The molecule has 0 bridgehead atoms. The van der Waals surface area contributed by atoms with Gasteiger partial charge in [0.05, 0.1) is 17.4 Å². The van der Waals surface area contributed by atoms with E-state index in [4.69, 9.17) is 4.52 Å². The molecule has 130 valence electrons. The van der Waals surface area contributed by atoms with Crippen LogP contribution in [0, 0.1) is 19.8 Å². The van der Waals surface area contributed by atoms with Gasteiger partial charge in [0.1, 0.15) is 5.82 Å². The number of hydrogen-bond acceptors (Lipinski definition) is 7. The Balaban J connectivity index is 1.45. The van der Waals surface area contributed by atoms with E-state index in [1.165, 1.54) is 0 Å². The smallest absolute Gasteiger partial charge is 0.259 e. The number of aliphatic hydroxyl groups is 1. The summed E-state index contributed by atoms with van der Waals surface area (Å²) in [6.45, 7) is 5.07. The van der Waals surface area contributed by atoms with E-state index in [-0.39, 0.29) is 5.92 Å². The highest BCUT2D eigenvalue weighted by molar-refractivity contribution is 5.55. The number of aromatic amines is 1. The molecule has 0 amide bonds. The molecule has 25 heavy (non-hydrogen) atoms. The number of nitrogens with one attached hydrogen (secondary N) is 1. The van der Waals surface area contributed by atoms with E-state index in [0.29, 0.717) is 18.3 Å². The number of β-amino-alcohol motifs (C(OH)–C–C–N with tert-alkyl or cyclic N) is 1. The first-order valence-corrected chi connectivity index (χ1v) is 8.29. The molecule has 0 spiro atoms. The van der Waals surface area contributed by atoms with Crippen LogP contribution in [0.25, 0.3) is 11.5 Å². The molecule has 1 aliphatic rings. The highest BCUT2D eigenvalue weighted by atomic mass is 16.5. The fraction of sp³-hybridized carbons (Fsp3) is 0.412. The maximum absolute atomic E-state index is 10.4. The van der Waals surface area contributed by atoms with Crippen LogP contribution >= 0.6 is 0 Å². The topological polar surface area (TPSA) is 104 Å². The maximum atomic E-state index is 10.4. The molecule has 0 saturated carbocycles. The third kappa shape index (κ3) is 3.25. The highest BCUT2D eigenvalue weighted by Gasteiger charge is 2.32. The zero-order valence-electron chi connectivity index (χ0n) is 14.2. The first-order valence-electron chi connectivity index (χ1n) is 8.29. The summed E-state index contributed by atoms with van der Waals surface area (Å²) in [5.74, 6) is 2.03. The van der Waals surface area contributed by atoms with Crippen molar-refractivity contribution in [1.29, 1.82) is 0 Å². The van der Waals surface area contributed by atoms with Gasteiger partial charge in [-0.05, 0) is 38.5 Å². The summed E-state index contributed by atoms with van der Waals surface area (Å²) in [5, 5.41) is 21.4. The highest BCUT2D eigenvalue weighted by Crippen LogP contribution is 2.26. The zero-order chi connectivity index (χ0) is 17.4. The molecule has 0 radical (unpaired) electrons. The monoisotopic (exact) mass is 340 g/mol. The molecular formula is C17H20N6O2. The number of anilines is 1. The van der Waals surface area contributed by atoms with Gasteiger partial charge in [-0.3, -0.25) is 5.10 Å². The molecule has 4 heterocycles. The Hall–Kier alpha value is -2.74. The zero-order valence-corrected chi connectivity index (χ0v) is 14.2. The minimum atomic E-state index is -0.392. The summed E-state index contributed by atoms with van der Waals surface area (Å²) in [6, 6.07) is 5.85.